The molecule has 0 bridgehead atoms. The Hall–Kier alpha value is -1.53. The standard InChI is InChI=1S/C9H7Cl2N3O3/c10-4-1-6-7(2-5(4)11)13-9(15)8(12-6)3-14(16)17/h1-2,8,12H,3H2,(H,13,15). The number of hydrogen-bond acceptors (Lipinski definition) is 4. The van der Waals surface area contributed by atoms with E-state index in [1.54, 1.807) is 0 Å². The molecule has 1 unspecified atom stereocenters. The predicted molar refractivity (Wildman–Crippen MR) is 64.4 cm³/mol. The number of benzene rings is 1. The van der Waals surface area contributed by atoms with Gasteiger partial charge in [-0.1, -0.05) is 23.2 Å². The van der Waals surface area contributed by atoms with Gasteiger partial charge in [-0.3, -0.25) is 14.9 Å². The van der Waals surface area contributed by atoms with E-state index in [0.717, 1.165) is 0 Å². The van der Waals surface area contributed by atoms with Gasteiger partial charge in [-0.05, 0) is 12.1 Å². The molecule has 0 aromatic heterocycles. The van der Waals surface area contributed by atoms with Gasteiger partial charge in [0, 0.05) is 4.92 Å². The number of carbonyl (C=O) groups is 1. The highest BCUT2D eigenvalue weighted by Crippen LogP contribution is 2.34. The first-order valence-corrected chi connectivity index (χ1v) is 5.41. The van der Waals surface area contributed by atoms with Crippen molar-refractivity contribution in [3.63, 3.8) is 0 Å². The molecule has 0 spiro atoms. The minimum Gasteiger partial charge on any atom is -0.367 e. The minimum atomic E-state index is -0.908. The highest BCUT2D eigenvalue weighted by Gasteiger charge is 2.29. The van der Waals surface area contributed by atoms with Crippen LogP contribution in [0.3, 0.4) is 0 Å². The molecule has 1 aromatic carbocycles. The van der Waals surface area contributed by atoms with E-state index in [9.17, 15) is 14.9 Å². The second kappa shape index (κ2) is 4.38. The number of halogens is 2. The third-order valence-electron chi connectivity index (χ3n) is 2.30. The molecule has 1 amide bonds. The number of nitrogens with zero attached hydrogens (tertiary/aromatic N) is 1. The van der Waals surface area contributed by atoms with E-state index >= 15 is 0 Å². The van der Waals surface area contributed by atoms with Crippen LogP contribution < -0.4 is 10.6 Å². The first-order chi connectivity index (χ1) is 7.97. The smallest absolute Gasteiger partial charge is 0.253 e. The summed E-state index contributed by atoms with van der Waals surface area (Å²) in [6.45, 7) is -0.495. The number of hydrogen-bond donors (Lipinski definition) is 2. The van der Waals surface area contributed by atoms with Crippen molar-refractivity contribution in [1.29, 1.82) is 0 Å². The molecule has 0 saturated carbocycles. The molecule has 1 heterocycles. The monoisotopic (exact) mass is 275 g/mol. The summed E-state index contributed by atoms with van der Waals surface area (Å²) in [5.41, 5.74) is 0.981. The molecule has 6 nitrogen and oxygen atoms in total. The Kier molecular flexibility index (Phi) is 3.08. The largest absolute Gasteiger partial charge is 0.367 e. The maximum atomic E-state index is 11.5. The third kappa shape index (κ3) is 2.42. The highest BCUT2D eigenvalue weighted by atomic mass is 35.5. The van der Waals surface area contributed by atoms with Crippen molar-refractivity contribution in [3.8, 4) is 0 Å². The Morgan fingerprint density at radius 3 is 2.47 bits per heavy atom. The number of rotatable bonds is 2. The summed E-state index contributed by atoms with van der Waals surface area (Å²) in [5.74, 6) is -0.465. The lowest BCUT2D eigenvalue weighted by Gasteiger charge is -2.24. The van der Waals surface area contributed by atoms with E-state index in [4.69, 9.17) is 23.2 Å². The summed E-state index contributed by atoms with van der Waals surface area (Å²) in [4.78, 5) is 21.4. The normalized spacial score (nSPS) is 18.0. The first-order valence-electron chi connectivity index (χ1n) is 4.65. The second-order valence-electron chi connectivity index (χ2n) is 3.51. The van der Waals surface area contributed by atoms with Gasteiger partial charge >= 0.3 is 0 Å². The Labute approximate surface area is 106 Å². The van der Waals surface area contributed by atoms with Gasteiger partial charge < -0.3 is 10.6 Å². The number of anilines is 2. The van der Waals surface area contributed by atoms with Gasteiger partial charge in [0.25, 0.3) is 5.91 Å². The number of nitro groups is 1. The van der Waals surface area contributed by atoms with Crippen molar-refractivity contribution in [3.05, 3.63) is 32.3 Å². The van der Waals surface area contributed by atoms with Crippen molar-refractivity contribution in [2.24, 2.45) is 0 Å². The summed E-state index contributed by atoms with van der Waals surface area (Å²) >= 11 is 11.6. The number of amides is 1. The van der Waals surface area contributed by atoms with Gasteiger partial charge in [0.05, 0.1) is 21.4 Å². The van der Waals surface area contributed by atoms with Gasteiger partial charge in [0.1, 0.15) is 0 Å². The molecule has 0 saturated heterocycles. The fraction of sp³-hybridized carbons (Fsp3) is 0.222. The maximum Gasteiger partial charge on any atom is 0.253 e. The van der Waals surface area contributed by atoms with Crippen LogP contribution in [0.15, 0.2) is 12.1 Å². The molecular formula is C9H7Cl2N3O3. The molecule has 2 rings (SSSR count). The molecule has 1 aromatic rings. The molecule has 90 valence electrons. The van der Waals surface area contributed by atoms with Gasteiger partial charge in [-0.15, -0.1) is 0 Å². The molecule has 2 N–H and O–H groups in total. The Morgan fingerprint density at radius 2 is 1.88 bits per heavy atom. The molecule has 17 heavy (non-hydrogen) atoms. The summed E-state index contributed by atoms with van der Waals surface area (Å²) < 4.78 is 0. The van der Waals surface area contributed by atoms with Crippen molar-refractivity contribution in [2.45, 2.75) is 6.04 Å². The van der Waals surface area contributed by atoms with Crippen LogP contribution in [0.2, 0.25) is 10.0 Å². The zero-order chi connectivity index (χ0) is 12.6. The van der Waals surface area contributed by atoms with E-state index in [1.165, 1.54) is 12.1 Å². The van der Waals surface area contributed by atoms with Crippen LogP contribution in [0.1, 0.15) is 0 Å². The van der Waals surface area contributed by atoms with E-state index in [0.29, 0.717) is 21.4 Å². The number of fused-ring (bicyclic) bond motifs is 1. The summed E-state index contributed by atoms with van der Waals surface area (Å²) in [5, 5.41) is 16.3. The average Bonchev–Trinajstić information content (AvgIpc) is 2.22. The van der Waals surface area contributed by atoms with Crippen LogP contribution in [0.25, 0.3) is 0 Å². The van der Waals surface area contributed by atoms with Crippen LogP contribution in [-0.4, -0.2) is 23.4 Å². The van der Waals surface area contributed by atoms with Crippen LogP contribution in [-0.2, 0) is 4.79 Å². The van der Waals surface area contributed by atoms with E-state index in [2.05, 4.69) is 10.6 Å². The quantitative estimate of drug-likeness (QED) is 0.639. The topological polar surface area (TPSA) is 84.3 Å². The first kappa shape index (κ1) is 11.9. The molecule has 1 aliphatic heterocycles. The summed E-state index contributed by atoms with van der Waals surface area (Å²) in [6.07, 6.45) is 0. The molecule has 0 aliphatic carbocycles. The van der Waals surface area contributed by atoms with E-state index in [1.807, 2.05) is 0 Å². The lowest BCUT2D eigenvalue weighted by molar-refractivity contribution is -0.479. The van der Waals surface area contributed by atoms with Crippen LogP contribution in [0.5, 0.6) is 0 Å². The lowest BCUT2D eigenvalue weighted by atomic mass is 10.1. The van der Waals surface area contributed by atoms with Crippen molar-refractivity contribution in [2.75, 3.05) is 17.2 Å². The Morgan fingerprint density at radius 1 is 1.29 bits per heavy atom. The SMILES string of the molecule is O=C1Nc2cc(Cl)c(Cl)cc2NC1C[N+](=O)[O-]. The molecular weight excluding hydrogens is 269 g/mol. The second-order valence-corrected chi connectivity index (χ2v) is 4.33. The van der Waals surface area contributed by atoms with Gasteiger partial charge in [-0.25, -0.2) is 0 Å². The van der Waals surface area contributed by atoms with Crippen LogP contribution in [0.4, 0.5) is 11.4 Å². The van der Waals surface area contributed by atoms with Crippen molar-refractivity contribution < 1.29 is 9.72 Å². The van der Waals surface area contributed by atoms with Crippen molar-refractivity contribution >= 4 is 40.5 Å². The molecule has 0 radical (unpaired) electrons. The van der Waals surface area contributed by atoms with Gasteiger partial charge in [0.15, 0.2) is 6.04 Å². The highest BCUT2D eigenvalue weighted by molar-refractivity contribution is 6.42. The average molecular weight is 276 g/mol. The zero-order valence-electron chi connectivity index (χ0n) is 8.37. The van der Waals surface area contributed by atoms with E-state index < -0.39 is 23.4 Å². The third-order valence-corrected chi connectivity index (χ3v) is 3.02. The van der Waals surface area contributed by atoms with Crippen molar-refractivity contribution in [1.82, 2.24) is 0 Å². The lowest BCUT2D eigenvalue weighted by Crippen LogP contribution is -2.43. The number of nitrogens with one attached hydrogen (secondary N) is 2. The molecule has 1 atom stereocenters. The fourth-order valence-corrected chi connectivity index (χ4v) is 1.85. The minimum absolute atomic E-state index is 0.306. The summed E-state index contributed by atoms with van der Waals surface area (Å²) in [6, 6.07) is 2.10. The maximum absolute atomic E-state index is 11.5. The summed E-state index contributed by atoms with van der Waals surface area (Å²) in [7, 11) is 0. The molecule has 0 fully saturated rings. The molecule has 1 aliphatic rings. The predicted octanol–water partition coefficient (Wildman–Crippen LogP) is 2.00. The fourth-order valence-electron chi connectivity index (χ4n) is 1.52. The van der Waals surface area contributed by atoms with Gasteiger partial charge in [0.2, 0.25) is 6.54 Å². The Balaban J connectivity index is 2.31. The van der Waals surface area contributed by atoms with E-state index in [-0.39, 0.29) is 0 Å². The number of carbonyl (C=O) groups excluding carboxylic acids is 1. The van der Waals surface area contributed by atoms with Crippen LogP contribution >= 0.6 is 23.2 Å². The molecule has 8 heteroatoms. The van der Waals surface area contributed by atoms with Crippen LogP contribution in [0, 0.1) is 10.1 Å². The zero-order valence-corrected chi connectivity index (χ0v) is 9.88. The Bertz CT molecular complexity index is 507. The van der Waals surface area contributed by atoms with Gasteiger partial charge in [-0.2, -0.15) is 0 Å².